The molecule has 2 aliphatic heterocycles. The third-order valence-electron chi connectivity index (χ3n) is 4.85. The number of hydrogen-bond donors (Lipinski definition) is 2. The lowest BCUT2D eigenvalue weighted by Crippen LogP contribution is -2.47. The van der Waals surface area contributed by atoms with E-state index in [1.54, 1.807) is 0 Å². The number of amides is 2. The van der Waals surface area contributed by atoms with Crippen molar-refractivity contribution in [1.29, 1.82) is 0 Å². The van der Waals surface area contributed by atoms with Crippen molar-refractivity contribution in [3.05, 3.63) is 29.8 Å². The first-order chi connectivity index (χ1) is 11.6. The number of likely N-dealkylation sites (N-methyl/N-ethyl adjacent to an activating group) is 1. The molecular weight excluding hydrogens is 304 g/mol. The molecule has 0 aliphatic carbocycles. The summed E-state index contributed by atoms with van der Waals surface area (Å²) in [5, 5.41) is 5.58. The number of carbonyl (C=O) groups is 2. The van der Waals surface area contributed by atoms with Crippen molar-refractivity contribution in [3.63, 3.8) is 0 Å². The first kappa shape index (κ1) is 16.9. The molecule has 0 aromatic heterocycles. The summed E-state index contributed by atoms with van der Waals surface area (Å²) in [7, 11) is 2.17. The van der Waals surface area contributed by atoms with Crippen LogP contribution in [-0.4, -0.2) is 67.4 Å². The van der Waals surface area contributed by atoms with Crippen molar-refractivity contribution in [2.45, 2.75) is 25.3 Å². The number of anilines is 1. The van der Waals surface area contributed by atoms with Crippen LogP contribution < -0.4 is 10.6 Å². The highest BCUT2D eigenvalue weighted by Gasteiger charge is 2.26. The molecule has 0 bridgehead atoms. The van der Waals surface area contributed by atoms with Crippen LogP contribution in [0, 0.1) is 0 Å². The van der Waals surface area contributed by atoms with Gasteiger partial charge in [0.25, 0.3) is 0 Å². The Labute approximate surface area is 143 Å². The fourth-order valence-electron chi connectivity index (χ4n) is 3.16. The molecule has 1 atom stereocenters. The van der Waals surface area contributed by atoms with Crippen LogP contribution in [0.5, 0.6) is 0 Å². The largest absolute Gasteiger partial charge is 0.374 e. The van der Waals surface area contributed by atoms with Gasteiger partial charge in [-0.05, 0) is 37.6 Å². The van der Waals surface area contributed by atoms with Gasteiger partial charge in [-0.3, -0.25) is 14.9 Å². The number of imide groups is 1. The van der Waals surface area contributed by atoms with Crippen molar-refractivity contribution >= 4 is 17.5 Å². The Morgan fingerprint density at radius 2 is 1.83 bits per heavy atom. The second-order valence-corrected chi connectivity index (χ2v) is 6.74. The van der Waals surface area contributed by atoms with E-state index in [9.17, 15) is 9.59 Å². The van der Waals surface area contributed by atoms with Crippen molar-refractivity contribution in [2.75, 3.05) is 45.1 Å². The zero-order valence-electron chi connectivity index (χ0n) is 14.3. The summed E-state index contributed by atoms with van der Waals surface area (Å²) in [6, 6.07) is 7.94. The van der Waals surface area contributed by atoms with Gasteiger partial charge in [0.2, 0.25) is 11.8 Å². The average molecular weight is 330 g/mol. The lowest BCUT2D eigenvalue weighted by atomic mass is 10.1. The molecule has 2 fully saturated rings. The quantitative estimate of drug-likeness (QED) is 0.778. The number of nitrogens with zero attached hydrogens (tertiary/aromatic N) is 2. The van der Waals surface area contributed by atoms with E-state index in [0.29, 0.717) is 12.8 Å². The van der Waals surface area contributed by atoms with Crippen molar-refractivity contribution in [2.24, 2.45) is 0 Å². The van der Waals surface area contributed by atoms with Gasteiger partial charge in [0.15, 0.2) is 0 Å². The minimum absolute atomic E-state index is 0.183. The number of nitrogens with one attached hydrogen (secondary N) is 2. The number of piperidine rings is 1. The van der Waals surface area contributed by atoms with Crippen LogP contribution in [0.25, 0.3) is 0 Å². The molecule has 1 unspecified atom stereocenters. The predicted octanol–water partition coefficient (Wildman–Crippen LogP) is 0.694. The molecule has 0 spiro atoms. The lowest BCUT2D eigenvalue weighted by Gasteiger charge is -2.32. The zero-order chi connectivity index (χ0) is 16.9. The molecule has 2 heterocycles. The summed E-state index contributed by atoms with van der Waals surface area (Å²) in [6.45, 7) is 5.68. The van der Waals surface area contributed by atoms with Gasteiger partial charge in [-0.25, -0.2) is 0 Å². The second-order valence-electron chi connectivity index (χ2n) is 6.74. The summed E-state index contributed by atoms with van der Waals surface area (Å²) < 4.78 is 0. The molecule has 1 aromatic carbocycles. The molecule has 6 nitrogen and oxygen atoms in total. The predicted molar refractivity (Wildman–Crippen MR) is 93.9 cm³/mol. The van der Waals surface area contributed by atoms with Crippen LogP contribution in [0.1, 0.15) is 18.4 Å². The summed E-state index contributed by atoms with van der Waals surface area (Å²) in [5.41, 5.74) is 2.23. The normalized spacial score (nSPS) is 23.1. The van der Waals surface area contributed by atoms with Crippen LogP contribution >= 0.6 is 0 Å². The van der Waals surface area contributed by atoms with Crippen LogP contribution in [0.15, 0.2) is 24.3 Å². The maximum absolute atomic E-state index is 11.8. The Morgan fingerprint density at radius 1 is 1.12 bits per heavy atom. The van der Waals surface area contributed by atoms with E-state index >= 15 is 0 Å². The van der Waals surface area contributed by atoms with E-state index in [1.807, 2.05) is 12.1 Å². The molecule has 3 rings (SSSR count). The number of rotatable bonds is 5. The van der Waals surface area contributed by atoms with Gasteiger partial charge in [0.05, 0.1) is 0 Å². The van der Waals surface area contributed by atoms with Gasteiger partial charge in [-0.2, -0.15) is 0 Å². The Kier molecular flexibility index (Phi) is 5.48. The van der Waals surface area contributed by atoms with Crippen molar-refractivity contribution < 1.29 is 9.59 Å². The molecule has 2 saturated heterocycles. The number of hydrogen-bond acceptors (Lipinski definition) is 5. The summed E-state index contributed by atoms with van der Waals surface area (Å²) in [4.78, 5) is 27.8. The molecule has 6 heteroatoms. The van der Waals surface area contributed by atoms with Gasteiger partial charge in [0, 0.05) is 44.8 Å². The van der Waals surface area contributed by atoms with E-state index in [1.165, 1.54) is 5.56 Å². The minimum Gasteiger partial charge on any atom is -0.374 e. The standard InChI is InChI=1S/C18H26N4O2/c1-21-10-12-22(13-11-21)9-8-14-2-4-15(5-3-14)19-16-6-7-17(23)20-18(16)24/h2-5,16,19H,6-13H2,1H3,(H,20,23,24). The van der Waals surface area contributed by atoms with E-state index in [2.05, 4.69) is 39.6 Å². The van der Waals surface area contributed by atoms with Crippen LogP contribution in [0.2, 0.25) is 0 Å². The van der Waals surface area contributed by atoms with Gasteiger partial charge in [-0.15, -0.1) is 0 Å². The smallest absolute Gasteiger partial charge is 0.249 e. The van der Waals surface area contributed by atoms with E-state index < -0.39 is 0 Å². The van der Waals surface area contributed by atoms with Gasteiger partial charge < -0.3 is 15.1 Å². The van der Waals surface area contributed by atoms with E-state index in [-0.39, 0.29) is 17.9 Å². The SMILES string of the molecule is CN1CCN(CCc2ccc(NC3CCC(=O)NC3=O)cc2)CC1. The highest BCUT2D eigenvalue weighted by molar-refractivity contribution is 6.01. The first-order valence-electron chi connectivity index (χ1n) is 8.70. The summed E-state index contributed by atoms with van der Waals surface area (Å²) >= 11 is 0. The molecule has 0 saturated carbocycles. The molecule has 2 aliphatic rings. The molecule has 0 radical (unpaired) electrons. The van der Waals surface area contributed by atoms with Crippen LogP contribution in [-0.2, 0) is 16.0 Å². The Balaban J connectivity index is 1.46. The van der Waals surface area contributed by atoms with Crippen LogP contribution in [0.4, 0.5) is 5.69 Å². The lowest BCUT2D eigenvalue weighted by molar-refractivity contribution is -0.133. The molecule has 1 aromatic rings. The number of benzene rings is 1. The Bertz CT molecular complexity index is 579. The fraction of sp³-hybridized carbons (Fsp3) is 0.556. The minimum atomic E-state index is -0.320. The zero-order valence-corrected chi connectivity index (χ0v) is 14.3. The van der Waals surface area contributed by atoms with E-state index in [4.69, 9.17) is 0 Å². The first-order valence-corrected chi connectivity index (χ1v) is 8.70. The molecular formula is C18H26N4O2. The average Bonchev–Trinajstić information content (AvgIpc) is 2.58. The maximum Gasteiger partial charge on any atom is 0.249 e. The molecule has 24 heavy (non-hydrogen) atoms. The highest BCUT2D eigenvalue weighted by Crippen LogP contribution is 2.15. The molecule has 130 valence electrons. The van der Waals surface area contributed by atoms with Gasteiger partial charge in [0.1, 0.15) is 6.04 Å². The third-order valence-corrected chi connectivity index (χ3v) is 4.85. The number of carbonyl (C=O) groups excluding carboxylic acids is 2. The van der Waals surface area contributed by atoms with Crippen molar-refractivity contribution in [1.82, 2.24) is 15.1 Å². The van der Waals surface area contributed by atoms with Crippen molar-refractivity contribution in [3.8, 4) is 0 Å². The maximum atomic E-state index is 11.8. The Hall–Kier alpha value is -1.92. The molecule has 2 N–H and O–H groups in total. The van der Waals surface area contributed by atoms with E-state index in [0.717, 1.165) is 44.8 Å². The summed E-state index contributed by atoms with van der Waals surface area (Å²) in [6.07, 6.45) is 1.99. The van der Waals surface area contributed by atoms with Gasteiger partial charge >= 0.3 is 0 Å². The fourth-order valence-corrected chi connectivity index (χ4v) is 3.16. The number of piperazine rings is 1. The van der Waals surface area contributed by atoms with Crippen LogP contribution in [0.3, 0.4) is 0 Å². The van der Waals surface area contributed by atoms with Gasteiger partial charge in [-0.1, -0.05) is 12.1 Å². The third kappa shape index (κ3) is 4.55. The molecule has 2 amide bonds. The Morgan fingerprint density at radius 3 is 2.50 bits per heavy atom. The second kappa shape index (κ2) is 7.77. The topological polar surface area (TPSA) is 64.7 Å². The monoisotopic (exact) mass is 330 g/mol. The highest BCUT2D eigenvalue weighted by atomic mass is 16.2. The summed E-state index contributed by atoms with van der Waals surface area (Å²) in [5.74, 6) is -0.414.